The van der Waals surface area contributed by atoms with Crippen LogP contribution in [0, 0.1) is 13.8 Å². The third-order valence-corrected chi connectivity index (χ3v) is 3.71. The maximum atomic E-state index is 8.93. The molecule has 0 radical (unpaired) electrons. The van der Waals surface area contributed by atoms with Crippen molar-refractivity contribution in [3.05, 3.63) is 29.3 Å². The molecule has 0 aromatic heterocycles. The second-order valence-electron chi connectivity index (χ2n) is 4.77. The Hall–Kier alpha value is -0.360. The van der Waals surface area contributed by atoms with E-state index in [-0.39, 0.29) is 6.61 Å². The largest absolute Gasteiger partial charge is 0.395 e. The first-order chi connectivity index (χ1) is 9.22. The van der Waals surface area contributed by atoms with E-state index in [0.29, 0.717) is 0 Å². The second kappa shape index (κ2) is 8.74. The first-order valence-electron chi connectivity index (χ1n) is 6.56. The molecule has 1 aromatic rings. The molecular weight excluding hydrogens is 276 g/mol. The van der Waals surface area contributed by atoms with E-state index >= 15 is 0 Å². The molecule has 0 amide bonds. The number of hydrogen-bond acceptors (Lipinski definition) is 5. The van der Waals surface area contributed by atoms with E-state index in [1.165, 1.54) is 16.8 Å². The van der Waals surface area contributed by atoms with Gasteiger partial charge in [-0.05, 0) is 31.0 Å². The average Bonchev–Trinajstić information content (AvgIpc) is 2.46. The van der Waals surface area contributed by atoms with E-state index in [4.69, 9.17) is 5.11 Å². The number of hydrogen-bond donors (Lipinski definition) is 3. The lowest BCUT2D eigenvalue weighted by Gasteiger charge is -2.36. The van der Waals surface area contributed by atoms with E-state index in [1.54, 1.807) is 0 Å². The second-order valence-corrected chi connectivity index (χ2v) is 4.77. The van der Waals surface area contributed by atoms with Crippen molar-refractivity contribution in [2.24, 2.45) is 0 Å². The van der Waals surface area contributed by atoms with Crippen LogP contribution in [-0.2, 0) is 0 Å². The smallest absolute Gasteiger partial charge is 0.0558 e. The summed E-state index contributed by atoms with van der Waals surface area (Å²) in [5.41, 5.74) is 4.12. The van der Waals surface area contributed by atoms with Gasteiger partial charge in [-0.1, -0.05) is 12.1 Å². The third-order valence-electron chi connectivity index (χ3n) is 3.71. The molecule has 5 heteroatoms. The maximum absolute atomic E-state index is 8.93. The standard InChI is InChI=1S/C14H22N2O.H2S2/c1-12-4-3-5-14(13(12)2)16-8-6-15(7-9-16)10-11-17;1-2/h3-5,17H,6-11H2,1-2H3;1-2H. The number of anilines is 1. The van der Waals surface area contributed by atoms with E-state index in [1.807, 2.05) is 0 Å². The zero-order chi connectivity index (χ0) is 14.3. The Kier molecular flexibility index (Phi) is 7.68. The number of piperazine rings is 1. The van der Waals surface area contributed by atoms with Crippen molar-refractivity contribution in [2.75, 3.05) is 44.2 Å². The molecule has 0 saturated carbocycles. The highest BCUT2D eigenvalue weighted by atomic mass is 33.1. The van der Waals surface area contributed by atoms with Crippen LogP contribution in [0.1, 0.15) is 11.1 Å². The lowest BCUT2D eigenvalue weighted by molar-refractivity contribution is 0.188. The number of nitrogens with zero attached hydrogens (tertiary/aromatic N) is 2. The minimum Gasteiger partial charge on any atom is -0.395 e. The normalized spacial score (nSPS) is 15.9. The van der Waals surface area contributed by atoms with Crippen molar-refractivity contribution in [3.63, 3.8) is 0 Å². The van der Waals surface area contributed by atoms with Gasteiger partial charge in [0.15, 0.2) is 0 Å². The molecule has 19 heavy (non-hydrogen) atoms. The fourth-order valence-corrected chi connectivity index (χ4v) is 2.43. The Morgan fingerprint density at radius 1 is 1.11 bits per heavy atom. The zero-order valence-electron chi connectivity index (χ0n) is 11.7. The van der Waals surface area contributed by atoms with Crippen molar-refractivity contribution < 1.29 is 5.11 Å². The van der Waals surface area contributed by atoms with Crippen LogP contribution in [0.3, 0.4) is 0 Å². The first-order valence-corrected chi connectivity index (χ1v) is 8.16. The molecular formula is C14H24N2OS2. The number of β-amino-alcohol motifs (C(OH)–C–C–N with tert-alkyl or cyclic N) is 1. The molecule has 1 aliphatic rings. The Labute approximate surface area is 126 Å². The Morgan fingerprint density at radius 2 is 1.74 bits per heavy atom. The third kappa shape index (κ3) is 4.60. The molecule has 0 spiro atoms. The van der Waals surface area contributed by atoms with Crippen molar-refractivity contribution in [2.45, 2.75) is 13.8 Å². The Balaban J connectivity index is 0.000000861. The molecule has 1 aromatic carbocycles. The number of rotatable bonds is 3. The van der Waals surface area contributed by atoms with Gasteiger partial charge >= 0.3 is 0 Å². The first kappa shape index (κ1) is 16.7. The van der Waals surface area contributed by atoms with Crippen LogP contribution in [-0.4, -0.2) is 49.3 Å². The van der Waals surface area contributed by atoms with Crippen LogP contribution in [0.4, 0.5) is 5.69 Å². The number of aliphatic hydroxyl groups is 1. The SMILES string of the molecule is Cc1cccc(N2CCN(CCO)CC2)c1C.SS. The molecule has 1 aliphatic heterocycles. The lowest BCUT2D eigenvalue weighted by Crippen LogP contribution is -2.47. The Bertz CT molecular complexity index is 380. The maximum Gasteiger partial charge on any atom is 0.0558 e. The highest BCUT2D eigenvalue weighted by Crippen LogP contribution is 2.23. The molecule has 0 atom stereocenters. The van der Waals surface area contributed by atoms with Gasteiger partial charge in [0.25, 0.3) is 0 Å². The summed E-state index contributed by atoms with van der Waals surface area (Å²) in [4.78, 5) is 4.78. The van der Waals surface area contributed by atoms with Crippen LogP contribution in [0.5, 0.6) is 0 Å². The van der Waals surface area contributed by atoms with Gasteiger partial charge in [-0.15, -0.1) is 23.3 Å². The zero-order valence-corrected chi connectivity index (χ0v) is 13.5. The molecule has 1 heterocycles. The number of benzene rings is 1. The topological polar surface area (TPSA) is 26.7 Å². The minimum atomic E-state index is 0.267. The molecule has 0 bridgehead atoms. The molecule has 2 rings (SSSR count). The van der Waals surface area contributed by atoms with Gasteiger partial charge in [0, 0.05) is 38.4 Å². The molecule has 108 valence electrons. The molecule has 3 nitrogen and oxygen atoms in total. The summed E-state index contributed by atoms with van der Waals surface area (Å²) in [5.74, 6) is 0. The molecule has 1 saturated heterocycles. The van der Waals surface area contributed by atoms with Gasteiger partial charge in [-0.2, -0.15) is 0 Å². The molecule has 0 aliphatic carbocycles. The summed E-state index contributed by atoms with van der Waals surface area (Å²) in [6.45, 7) is 9.66. The lowest BCUT2D eigenvalue weighted by atomic mass is 10.1. The van der Waals surface area contributed by atoms with Crippen molar-refractivity contribution >= 4 is 29.0 Å². The van der Waals surface area contributed by atoms with Gasteiger partial charge < -0.3 is 10.0 Å². The molecule has 0 unspecified atom stereocenters. The van der Waals surface area contributed by atoms with E-state index in [0.717, 1.165) is 32.7 Å². The predicted octanol–water partition coefficient (Wildman–Crippen LogP) is 2.18. The fraction of sp³-hybridized carbons (Fsp3) is 0.571. The highest BCUT2D eigenvalue weighted by Gasteiger charge is 2.17. The van der Waals surface area contributed by atoms with Crippen molar-refractivity contribution in [3.8, 4) is 0 Å². The van der Waals surface area contributed by atoms with Gasteiger partial charge in [0.1, 0.15) is 0 Å². The highest BCUT2D eigenvalue weighted by molar-refractivity contribution is 8.59. The van der Waals surface area contributed by atoms with Gasteiger partial charge in [0.05, 0.1) is 6.61 Å². The summed E-state index contributed by atoms with van der Waals surface area (Å²) >= 11 is 6.44. The van der Waals surface area contributed by atoms with E-state index in [2.05, 4.69) is 65.2 Å². The summed E-state index contributed by atoms with van der Waals surface area (Å²) < 4.78 is 0. The number of aliphatic hydroxyl groups excluding tert-OH is 1. The van der Waals surface area contributed by atoms with Crippen molar-refractivity contribution in [1.82, 2.24) is 4.90 Å². The Morgan fingerprint density at radius 3 is 2.32 bits per heavy atom. The van der Waals surface area contributed by atoms with Crippen LogP contribution in [0.25, 0.3) is 0 Å². The van der Waals surface area contributed by atoms with Crippen molar-refractivity contribution in [1.29, 1.82) is 0 Å². The van der Waals surface area contributed by atoms with E-state index < -0.39 is 0 Å². The van der Waals surface area contributed by atoms with Gasteiger partial charge in [-0.3, -0.25) is 4.90 Å². The monoisotopic (exact) mass is 300 g/mol. The molecule has 1 N–H and O–H groups in total. The predicted molar refractivity (Wildman–Crippen MR) is 89.6 cm³/mol. The van der Waals surface area contributed by atoms with Crippen LogP contribution in [0.15, 0.2) is 18.2 Å². The minimum absolute atomic E-state index is 0.267. The fourth-order valence-electron chi connectivity index (χ4n) is 2.43. The summed E-state index contributed by atoms with van der Waals surface area (Å²) in [6.07, 6.45) is 0. The molecule has 1 fully saturated rings. The van der Waals surface area contributed by atoms with Crippen LogP contribution in [0.2, 0.25) is 0 Å². The number of thiol groups is 2. The van der Waals surface area contributed by atoms with Gasteiger partial charge in [0.2, 0.25) is 0 Å². The van der Waals surface area contributed by atoms with Crippen LogP contribution >= 0.6 is 23.3 Å². The summed E-state index contributed by atoms with van der Waals surface area (Å²) in [5, 5.41) is 8.93. The quantitative estimate of drug-likeness (QED) is 0.590. The van der Waals surface area contributed by atoms with E-state index in [9.17, 15) is 0 Å². The summed E-state index contributed by atoms with van der Waals surface area (Å²) in [7, 11) is 0. The average molecular weight is 300 g/mol. The summed E-state index contributed by atoms with van der Waals surface area (Å²) in [6, 6.07) is 6.52. The van der Waals surface area contributed by atoms with Gasteiger partial charge in [-0.25, -0.2) is 0 Å². The van der Waals surface area contributed by atoms with Crippen LogP contribution < -0.4 is 4.90 Å². The number of aryl methyl sites for hydroxylation is 1.